The number of pyridine rings is 2. The van der Waals surface area contributed by atoms with Crippen molar-refractivity contribution in [3.63, 3.8) is 0 Å². The number of aromatic nitrogens is 2. The molecule has 4 aromatic rings. The van der Waals surface area contributed by atoms with Gasteiger partial charge in [0.1, 0.15) is 12.1 Å². The number of nitrogens with zero attached hydrogens (tertiary/aromatic N) is 2. The fourth-order valence-electron chi connectivity index (χ4n) is 4.00. The van der Waals surface area contributed by atoms with E-state index in [2.05, 4.69) is 42.0 Å². The lowest BCUT2D eigenvalue weighted by Gasteiger charge is -2.11. The lowest BCUT2D eigenvalue weighted by molar-refractivity contribution is -0.145. The first-order chi connectivity index (χ1) is 24.2. The first kappa shape index (κ1) is 42.1. The predicted octanol–water partition coefficient (Wildman–Crippen LogP) is 3.79. The predicted molar refractivity (Wildman–Crippen MR) is 200 cm³/mol. The van der Waals surface area contributed by atoms with Gasteiger partial charge in [0.05, 0.1) is 36.8 Å². The second-order valence-electron chi connectivity index (χ2n) is 11.8. The molecule has 51 heavy (non-hydrogen) atoms. The second-order valence-corrected chi connectivity index (χ2v) is 16.4. The number of nitrogens with one attached hydrogen (secondary N) is 2. The third-order valence-electron chi connectivity index (χ3n) is 7.36. The SMILES string of the molecule is Cc1ccnc2cc(C(=O)NC[C@@H](N)C(=O)O)sc12.Cc1ccnc2cc(C(=O)NC[C@@H](N)C(=O)OCC3CC3)sc12.O=S(Cl)Cl.OCC1CC1. The molecule has 2 amide bonds. The van der Waals surface area contributed by atoms with Crippen LogP contribution in [-0.4, -0.2) is 86.5 Å². The van der Waals surface area contributed by atoms with E-state index in [0.29, 0.717) is 34.8 Å². The molecule has 2 fully saturated rings. The van der Waals surface area contributed by atoms with Gasteiger partial charge in [-0.15, -0.1) is 22.7 Å². The van der Waals surface area contributed by atoms with Crippen LogP contribution in [0.3, 0.4) is 0 Å². The van der Waals surface area contributed by atoms with Gasteiger partial charge in [0.2, 0.25) is 9.23 Å². The molecule has 0 radical (unpaired) electrons. The molecule has 2 aliphatic carbocycles. The molecule has 14 nitrogen and oxygen atoms in total. The molecule has 0 saturated heterocycles. The summed E-state index contributed by atoms with van der Waals surface area (Å²) in [5.74, 6) is -1.01. The molecular weight excluding hydrogens is 763 g/mol. The number of aryl methyl sites for hydroxylation is 2. The van der Waals surface area contributed by atoms with Gasteiger partial charge in [0.25, 0.3) is 11.8 Å². The fraction of sp³-hybridized carbons (Fsp3) is 0.438. The standard InChI is InChI=1S/C16H19N3O3S.C12H13N3O3S.C4H8O.Cl2OS/c1-9-4-5-18-12-6-13(23-14(9)12)15(20)19-7-11(17)16(21)22-8-10-2-3-10;1-6-2-3-14-8-4-9(19-10(6)8)11(16)15-5-7(13)12(17)18;5-3-4-1-2-4;1-4(2)3/h4-6,10-11H,2-3,7-8,17H2,1H3,(H,19,20);2-4,7H,5,13H2,1H3,(H,15,16)(H,17,18);4-5H,1-3H2;/t11-;7-;;/m11../s1. The minimum absolute atomic E-state index is 0.0585. The largest absolute Gasteiger partial charge is 0.480 e. The number of carbonyl (C=O) groups is 4. The monoisotopic (exact) mass is 802 g/mol. The van der Waals surface area contributed by atoms with E-state index in [9.17, 15) is 19.2 Å². The van der Waals surface area contributed by atoms with E-state index in [0.717, 1.165) is 44.4 Å². The normalized spacial score (nSPS) is 14.5. The number of fused-ring (bicyclic) bond motifs is 2. The van der Waals surface area contributed by atoms with Gasteiger partial charge in [-0.2, -0.15) is 0 Å². The Bertz CT molecular complexity index is 1830. The molecule has 0 bridgehead atoms. The number of thiophene rings is 2. The smallest absolute Gasteiger partial charge is 0.324 e. The number of nitrogens with two attached hydrogens (primary N) is 2. The Morgan fingerprint density at radius 3 is 1.67 bits per heavy atom. The van der Waals surface area contributed by atoms with Crippen LogP contribution in [0.1, 0.15) is 56.2 Å². The summed E-state index contributed by atoms with van der Waals surface area (Å²) in [4.78, 5) is 55.8. The zero-order valence-electron chi connectivity index (χ0n) is 27.8. The number of halogens is 2. The van der Waals surface area contributed by atoms with Crippen molar-refractivity contribution in [3.05, 3.63) is 57.5 Å². The maximum atomic E-state index is 12.2. The Morgan fingerprint density at radius 1 is 0.882 bits per heavy atom. The maximum absolute atomic E-state index is 12.2. The number of hydrogen-bond acceptors (Lipinski definition) is 13. The Balaban J connectivity index is 0.000000224. The third-order valence-corrected chi connectivity index (χ3v) is 9.88. The van der Waals surface area contributed by atoms with Crippen molar-refractivity contribution in [3.8, 4) is 0 Å². The number of amides is 2. The van der Waals surface area contributed by atoms with Crippen LogP contribution in [-0.2, 0) is 23.6 Å². The molecule has 0 aliphatic heterocycles. The van der Waals surface area contributed by atoms with E-state index in [-0.39, 0.29) is 24.9 Å². The fourth-order valence-corrected chi connectivity index (χ4v) is 6.00. The van der Waals surface area contributed by atoms with Gasteiger partial charge >= 0.3 is 11.9 Å². The minimum Gasteiger partial charge on any atom is -0.480 e. The van der Waals surface area contributed by atoms with Crippen LogP contribution in [0.4, 0.5) is 0 Å². The van der Waals surface area contributed by atoms with Crippen molar-refractivity contribution < 1.29 is 38.3 Å². The molecule has 6 rings (SSSR count). The molecule has 2 aliphatic rings. The number of ether oxygens (including phenoxy) is 1. The molecule has 0 aromatic carbocycles. The van der Waals surface area contributed by atoms with Crippen LogP contribution in [0, 0.1) is 25.7 Å². The summed E-state index contributed by atoms with van der Waals surface area (Å²) < 4.78 is 16.1. The highest BCUT2D eigenvalue weighted by Crippen LogP contribution is 2.29. The average molecular weight is 804 g/mol. The number of aliphatic hydroxyl groups excluding tert-OH is 1. The Labute approximate surface area is 313 Å². The summed E-state index contributed by atoms with van der Waals surface area (Å²) in [5.41, 5.74) is 14.8. The van der Waals surface area contributed by atoms with Crippen molar-refractivity contribution in [1.82, 2.24) is 20.6 Å². The van der Waals surface area contributed by atoms with Crippen molar-refractivity contribution >= 4 is 97.5 Å². The van der Waals surface area contributed by atoms with E-state index >= 15 is 0 Å². The first-order valence-corrected chi connectivity index (χ1v) is 20.2. The van der Waals surface area contributed by atoms with Crippen molar-refractivity contribution in [2.45, 2.75) is 51.6 Å². The van der Waals surface area contributed by atoms with Gasteiger partial charge in [-0.1, -0.05) is 0 Å². The number of hydrogen-bond donors (Lipinski definition) is 6. The molecule has 2 atom stereocenters. The van der Waals surface area contributed by atoms with Crippen LogP contribution in [0.2, 0.25) is 0 Å². The molecular formula is C32H40Cl2N6O8S3. The second kappa shape index (κ2) is 20.7. The summed E-state index contributed by atoms with van der Waals surface area (Å²) in [6.07, 6.45) is 8.15. The topological polar surface area (TPSA) is 237 Å². The number of carbonyl (C=O) groups excluding carboxylic acids is 3. The van der Waals surface area contributed by atoms with Crippen LogP contribution in [0.5, 0.6) is 0 Å². The molecule has 4 heterocycles. The molecule has 19 heteroatoms. The molecule has 8 N–H and O–H groups in total. The van der Waals surface area contributed by atoms with Crippen LogP contribution in [0.15, 0.2) is 36.7 Å². The van der Waals surface area contributed by atoms with Crippen LogP contribution < -0.4 is 22.1 Å². The quantitative estimate of drug-likeness (QED) is 0.0939. The molecule has 0 unspecified atom stereocenters. The maximum Gasteiger partial charge on any atom is 0.324 e. The Hall–Kier alpha value is -3.29. The summed E-state index contributed by atoms with van der Waals surface area (Å²) in [7, 11) is 7.36. The van der Waals surface area contributed by atoms with Crippen LogP contribution >= 0.6 is 44.0 Å². The summed E-state index contributed by atoms with van der Waals surface area (Å²) >= 11 is 2.71. The number of esters is 1. The van der Waals surface area contributed by atoms with Crippen molar-refractivity contribution in [2.24, 2.45) is 23.3 Å². The minimum atomic E-state index is -1.67. The van der Waals surface area contributed by atoms with E-state index in [4.69, 9.17) is 30.6 Å². The molecule has 0 spiro atoms. The van der Waals surface area contributed by atoms with Crippen LogP contribution in [0.25, 0.3) is 20.4 Å². The van der Waals surface area contributed by atoms with E-state index < -0.39 is 33.2 Å². The van der Waals surface area contributed by atoms with Crippen molar-refractivity contribution in [1.29, 1.82) is 0 Å². The molecule has 278 valence electrons. The van der Waals surface area contributed by atoms with Gasteiger partial charge in [-0.25, -0.2) is 4.21 Å². The zero-order valence-corrected chi connectivity index (χ0v) is 31.8. The summed E-state index contributed by atoms with van der Waals surface area (Å²) in [5, 5.41) is 22.0. The average Bonchev–Trinajstić information content (AvgIpc) is 4.02. The number of carboxylic acids is 1. The summed E-state index contributed by atoms with van der Waals surface area (Å²) in [6, 6.07) is 5.28. The van der Waals surface area contributed by atoms with Crippen molar-refractivity contribution in [2.75, 3.05) is 26.3 Å². The highest BCUT2D eigenvalue weighted by atomic mass is 36.0. The van der Waals surface area contributed by atoms with Gasteiger partial charge in [0, 0.05) is 53.5 Å². The highest BCUT2D eigenvalue weighted by Gasteiger charge is 2.25. The zero-order chi connectivity index (χ0) is 37.7. The number of rotatable bonds is 11. The Morgan fingerprint density at radius 2 is 1.31 bits per heavy atom. The highest BCUT2D eigenvalue weighted by molar-refractivity contribution is 8.26. The third kappa shape index (κ3) is 14.7. The van der Waals surface area contributed by atoms with Gasteiger partial charge in [-0.05, 0) is 86.8 Å². The number of aliphatic carboxylic acids is 1. The number of aliphatic hydroxyl groups is 1. The number of carboxylic acid groups (broad SMARTS) is 1. The summed E-state index contributed by atoms with van der Waals surface area (Å²) in [6.45, 7) is 4.73. The van der Waals surface area contributed by atoms with Gasteiger partial charge in [-0.3, -0.25) is 29.1 Å². The van der Waals surface area contributed by atoms with E-state index in [1.165, 1.54) is 35.5 Å². The lowest BCUT2D eigenvalue weighted by Crippen LogP contribution is -2.43. The molecule has 4 aromatic heterocycles. The Kier molecular flexibility index (Phi) is 17.1. The first-order valence-electron chi connectivity index (χ1n) is 15.7. The molecule has 2 saturated carbocycles. The van der Waals surface area contributed by atoms with Gasteiger partial charge in [0.15, 0.2) is 0 Å². The van der Waals surface area contributed by atoms with E-state index in [1.807, 2.05) is 26.0 Å². The van der Waals surface area contributed by atoms with E-state index in [1.54, 1.807) is 24.5 Å². The van der Waals surface area contributed by atoms with Gasteiger partial charge < -0.3 is 37.1 Å². The lowest BCUT2D eigenvalue weighted by atomic mass is 10.2.